The number of nitrogens with zero attached hydrogens (tertiary/aromatic N) is 7. The molecule has 0 amide bonds. The van der Waals surface area contributed by atoms with Gasteiger partial charge in [-0.3, -0.25) is 9.35 Å². The first-order valence-electron chi connectivity index (χ1n) is 9.76. The van der Waals surface area contributed by atoms with Gasteiger partial charge in [0.1, 0.15) is 16.5 Å². The highest BCUT2D eigenvalue weighted by molar-refractivity contribution is 7.86. The summed E-state index contributed by atoms with van der Waals surface area (Å²) >= 11 is 0. The molecule has 0 saturated heterocycles. The van der Waals surface area contributed by atoms with Crippen molar-refractivity contribution >= 4 is 38.2 Å². The van der Waals surface area contributed by atoms with Crippen molar-refractivity contribution in [3.05, 3.63) is 76.3 Å². The van der Waals surface area contributed by atoms with Crippen LogP contribution in [0.3, 0.4) is 0 Å². The van der Waals surface area contributed by atoms with Crippen LogP contribution in [0.1, 0.15) is 11.3 Å². The maximum atomic E-state index is 12.6. The molecule has 0 fully saturated rings. The number of aryl methyl sites for hydroxylation is 1. The van der Waals surface area contributed by atoms with Crippen molar-refractivity contribution in [1.82, 2.24) is 24.4 Å². The van der Waals surface area contributed by atoms with E-state index in [1.54, 1.807) is 37.3 Å². The van der Waals surface area contributed by atoms with Gasteiger partial charge in [0, 0.05) is 0 Å². The quantitative estimate of drug-likeness (QED) is 0.297. The minimum Gasteiger partial charge on any atom is -0.304 e. The molecular formula is C21H14N8O4S. The van der Waals surface area contributed by atoms with E-state index < -0.39 is 15.0 Å². The normalized spacial score (nSPS) is 12.0. The number of aromatic nitrogens is 5. The fraction of sp³-hybridized carbons (Fsp3) is 0.0476. The third-order valence-corrected chi connectivity index (χ3v) is 6.02. The van der Waals surface area contributed by atoms with Crippen molar-refractivity contribution in [2.45, 2.75) is 11.8 Å². The summed E-state index contributed by atoms with van der Waals surface area (Å²) in [5.74, 6) is -0.0690. The number of nitriles is 1. The molecular weight excluding hydrogens is 460 g/mol. The molecule has 2 N–H and O–H groups in total. The first-order valence-corrected chi connectivity index (χ1v) is 11.2. The van der Waals surface area contributed by atoms with Gasteiger partial charge in [-0.05, 0) is 31.2 Å². The predicted octanol–water partition coefficient (Wildman–Crippen LogP) is 3.20. The van der Waals surface area contributed by atoms with Gasteiger partial charge in [-0.2, -0.15) is 23.9 Å². The third-order valence-electron chi connectivity index (χ3n) is 5.12. The average molecular weight is 474 g/mol. The molecule has 12 nitrogen and oxygen atoms in total. The zero-order valence-corrected chi connectivity index (χ0v) is 18.2. The average Bonchev–Trinajstić information content (AvgIpc) is 3.37. The van der Waals surface area contributed by atoms with Crippen LogP contribution in [-0.2, 0) is 10.1 Å². The second-order valence-corrected chi connectivity index (χ2v) is 8.60. The molecule has 2 aromatic carbocycles. The van der Waals surface area contributed by atoms with E-state index in [4.69, 9.17) is 0 Å². The summed E-state index contributed by atoms with van der Waals surface area (Å²) in [5, 5.41) is 26.8. The van der Waals surface area contributed by atoms with E-state index in [9.17, 15) is 23.0 Å². The Labute approximate surface area is 191 Å². The molecule has 3 heterocycles. The number of nitrogens with one attached hydrogen (secondary N) is 1. The molecule has 0 atom stereocenters. The Kier molecular flexibility index (Phi) is 4.82. The summed E-state index contributed by atoms with van der Waals surface area (Å²) in [6, 6.07) is 14.5. The van der Waals surface area contributed by atoms with Gasteiger partial charge in [-0.25, -0.2) is 9.20 Å². The Morgan fingerprint density at radius 3 is 2.62 bits per heavy atom. The summed E-state index contributed by atoms with van der Waals surface area (Å²) in [6.07, 6.45) is 1.20. The highest BCUT2D eigenvalue weighted by Gasteiger charge is 2.21. The van der Waals surface area contributed by atoms with E-state index in [2.05, 4.69) is 25.4 Å². The number of aromatic amines is 1. The number of para-hydroxylation sites is 2. The molecule has 0 unspecified atom stereocenters. The van der Waals surface area contributed by atoms with Gasteiger partial charge in [0.2, 0.25) is 0 Å². The van der Waals surface area contributed by atoms with E-state index in [0.717, 1.165) is 4.68 Å². The fourth-order valence-corrected chi connectivity index (χ4v) is 4.26. The number of hydrogen-bond acceptors (Lipinski definition) is 8. The van der Waals surface area contributed by atoms with Gasteiger partial charge in [0.15, 0.2) is 17.2 Å². The fourth-order valence-electron chi connectivity index (χ4n) is 3.59. The Morgan fingerprint density at radius 1 is 1.12 bits per heavy atom. The summed E-state index contributed by atoms with van der Waals surface area (Å²) in [7, 11) is -4.58. The molecule has 0 spiro atoms. The molecule has 13 heteroatoms. The summed E-state index contributed by atoms with van der Waals surface area (Å²) < 4.78 is 35.9. The van der Waals surface area contributed by atoms with Crippen LogP contribution in [0.5, 0.6) is 0 Å². The Hall–Kier alpha value is -4.67. The maximum absolute atomic E-state index is 12.6. The topological polar surface area (TPSA) is 171 Å². The standard InChI is InChI=1S/C21H14N8O4S/c1-12-18(20-24-21(30)14-6-2-3-7-15(14)29(20)27-12)25-26-19-13(10-22)11-23-28(19)16-8-4-5-9-17(16)34(31,32)33/h2-9,11H,1H3,(H,24,30)(H,31,32,33)/b26-25+. The van der Waals surface area contributed by atoms with E-state index >= 15 is 0 Å². The first kappa shape index (κ1) is 21.2. The lowest BCUT2D eigenvalue weighted by Crippen LogP contribution is -2.09. The molecule has 0 radical (unpaired) electrons. The number of fused-ring (bicyclic) bond motifs is 3. The number of rotatable bonds is 4. The van der Waals surface area contributed by atoms with Crippen molar-refractivity contribution in [1.29, 1.82) is 5.26 Å². The molecule has 0 aliphatic rings. The van der Waals surface area contributed by atoms with Crippen LogP contribution in [0.15, 0.2) is 74.6 Å². The van der Waals surface area contributed by atoms with E-state index in [1.807, 2.05) is 6.07 Å². The number of azo groups is 1. The van der Waals surface area contributed by atoms with Crippen LogP contribution in [0.4, 0.5) is 11.5 Å². The summed E-state index contributed by atoms with van der Waals surface area (Å²) in [6.45, 7) is 1.69. The van der Waals surface area contributed by atoms with Crippen LogP contribution in [0, 0.1) is 18.3 Å². The van der Waals surface area contributed by atoms with Gasteiger partial charge >= 0.3 is 0 Å². The van der Waals surface area contributed by atoms with Crippen molar-refractivity contribution in [2.75, 3.05) is 0 Å². The van der Waals surface area contributed by atoms with Gasteiger partial charge in [-0.15, -0.1) is 10.2 Å². The Morgan fingerprint density at radius 2 is 1.85 bits per heavy atom. The Balaban J connectivity index is 1.71. The predicted molar refractivity (Wildman–Crippen MR) is 120 cm³/mol. The van der Waals surface area contributed by atoms with Crippen LogP contribution in [-0.4, -0.2) is 37.3 Å². The van der Waals surface area contributed by atoms with Crippen molar-refractivity contribution in [3.63, 3.8) is 0 Å². The van der Waals surface area contributed by atoms with Crippen molar-refractivity contribution in [2.24, 2.45) is 10.2 Å². The molecule has 5 aromatic rings. The molecule has 3 aromatic heterocycles. The second-order valence-electron chi connectivity index (χ2n) is 7.21. The van der Waals surface area contributed by atoms with Gasteiger partial charge in [-0.1, -0.05) is 24.3 Å². The largest absolute Gasteiger partial charge is 0.304 e. The molecule has 0 saturated carbocycles. The Bertz CT molecular complexity index is 1840. The van der Waals surface area contributed by atoms with E-state index in [0.29, 0.717) is 22.2 Å². The number of H-pyrrole nitrogens is 1. The molecule has 168 valence electrons. The third kappa shape index (κ3) is 3.34. The summed E-state index contributed by atoms with van der Waals surface area (Å²) in [4.78, 5) is 14.9. The van der Waals surface area contributed by atoms with Gasteiger partial charge in [0.25, 0.3) is 15.7 Å². The van der Waals surface area contributed by atoms with E-state index in [1.165, 1.54) is 28.9 Å². The lowest BCUT2D eigenvalue weighted by Gasteiger charge is -2.08. The van der Waals surface area contributed by atoms with Crippen molar-refractivity contribution < 1.29 is 13.0 Å². The van der Waals surface area contributed by atoms with Gasteiger partial charge < -0.3 is 4.98 Å². The molecule has 5 rings (SSSR count). The lowest BCUT2D eigenvalue weighted by atomic mass is 10.2. The zero-order valence-electron chi connectivity index (χ0n) is 17.4. The first-order chi connectivity index (χ1) is 16.3. The minimum absolute atomic E-state index is 0.0157. The summed E-state index contributed by atoms with van der Waals surface area (Å²) in [5.41, 5.74) is 1.26. The van der Waals surface area contributed by atoms with Crippen molar-refractivity contribution in [3.8, 4) is 11.8 Å². The maximum Gasteiger partial charge on any atom is 0.296 e. The number of hydrogen-bond donors (Lipinski definition) is 2. The lowest BCUT2D eigenvalue weighted by molar-refractivity contribution is 0.482. The highest BCUT2D eigenvalue weighted by Crippen LogP contribution is 2.31. The van der Waals surface area contributed by atoms with E-state index in [-0.39, 0.29) is 28.3 Å². The highest BCUT2D eigenvalue weighted by atomic mass is 32.2. The monoisotopic (exact) mass is 474 g/mol. The smallest absolute Gasteiger partial charge is 0.296 e. The second kappa shape index (κ2) is 7.73. The molecule has 0 aliphatic carbocycles. The molecule has 0 bridgehead atoms. The molecule has 0 aliphatic heterocycles. The van der Waals surface area contributed by atoms with Gasteiger partial charge in [0.05, 0.1) is 28.5 Å². The van der Waals surface area contributed by atoms with Crippen LogP contribution >= 0.6 is 0 Å². The zero-order chi connectivity index (χ0) is 24.0. The van der Waals surface area contributed by atoms with Crippen LogP contribution in [0.25, 0.3) is 22.2 Å². The SMILES string of the molecule is Cc1nn2c([nH]c(=O)c3ccccc32)c1/N=N/c1c(C#N)cnn1-c1ccccc1S(=O)(=O)O. The van der Waals surface area contributed by atoms with Crippen LogP contribution in [0.2, 0.25) is 0 Å². The number of benzene rings is 2. The van der Waals surface area contributed by atoms with Crippen LogP contribution < -0.4 is 5.56 Å². The minimum atomic E-state index is -4.58. The molecule has 34 heavy (non-hydrogen) atoms.